The van der Waals surface area contributed by atoms with Crippen molar-refractivity contribution in [1.29, 1.82) is 0 Å². The monoisotopic (exact) mass is 850 g/mol. The zero-order chi connectivity index (χ0) is 44.3. The second-order valence-electron chi connectivity index (χ2n) is 14.6. The summed E-state index contributed by atoms with van der Waals surface area (Å²) in [4.78, 5) is 81.8. The Morgan fingerprint density at radius 3 is 1.98 bits per heavy atom. The van der Waals surface area contributed by atoms with Crippen molar-refractivity contribution < 1.29 is 46.7 Å². The number of benzene rings is 3. The number of esters is 1. The van der Waals surface area contributed by atoms with Crippen LogP contribution in [0.15, 0.2) is 94.8 Å². The maximum Gasteiger partial charge on any atom is 0.408 e. The number of carbonyl (C=O) groups is 6. The molecule has 0 unspecified atom stereocenters. The first-order chi connectivity index (χ1) is 28.3. The van der Waals surface area contributed by atoms with E-state index in [9.17, 15) is 37.2 Å². The Kier molecular flexibility index (Phi) is 18.5. The standard InChI is InChI=1S/C41H54N8O10S/c1-27-18-20-31(21-19-27)60(56,57)49-39(42)43-22-12-17-32(47-34(50)24-45-40(55)59-41(3,4)5)38(54)46-28(2)36(52)48-33(23-29-13-8-6-9-14-29)37(53)44-25-35(51)58-26-30-15-10-7-11-16-30/h6-11,13-16,18-21,28,32-33H,12,17,22-26H2,1-5H3,(H,44,53)(H,45,55)(H,46,54)(H,47,50)(H,48,52)(H3,42,43,49)/t28-,32-,33-/m0/s1. The molecule has 0 saturated heterocycles. The van der Waals surface area contributed by atoms with Gasteiger partial charge in [-0.1, -0.05) is 78.4 Å². The molecule has 3 rings (SSSR count). The number of nitrogens with zero attached hydrogens (tertiary/aromatic N) is 1. The van der Waals surface area contributed by atoms with Gasteiger partial charge >= 0.3 is 12.1 Å². The number of ether oxygens (including phenoxy) is 2. The predicted molar refractivity (Wildman–Crippen MR) is 222 cm³/mol. The van der Waals surface area contributed by atoms with Crippen LogP contribution in [-0.2, 0) is 56.5 Å². The number of aliphatic imine (C=N–C) groups is 1. The summed E-state index contributed by atoms with van der Waals surface area (Å²) in [7, 11) is -4.01. The quantitative estimate of drug-likeness (QED) is 0.0371. The van der Waals surface area contributed by atoms with Gasteiger partial charge in [0.1, 0.15) is 43.4 Å². The smallest absolute Gasteiger partial charge is 0.408 e. The molecule has 18 nitrogen and oxygen atoms in total. The van der Waals surface area contributed by atoms with Gasteiger partial charge in [-0.3, -0.25) is 29.0 Å². The van der Waals surface area contributed by atoms with E-state index in [2.05, 4.69) is 36.3 Å². The lowest BCUT2D eigenvalue weighted by atomic mass is 10.0. The Morgan fingerprint density at radius 2 is 1.37 bits per heavy atom. The van der Waals surface area contributed by atoms with Crippen molar-refractivity contribution in [3.63, 3.8) is 0 Å². The topological polar surface area (TPSA) is 266 Å². The van der Waals surface area contributed by atoms with E-state index in [1.165, 1.54) is 19.1 Å². The third-order valence-electron chi connectivity index (χ3n) is 8.26. The lowest BCUT2D eigenvalue weighted by Crippen LogP contribution is -2.57. The van der Waals surface area contributed by atoms with Crippen LogP contribution in [0.1, 0.15) is 57.2 Å². The first-order valence-electron chi connectivity index (χ1n) is 19.1. The molecular weight excluding hydrogens is 797 g/mol. The first-order valence-corrected chi connectivity index (χ1v) is 20.6. The van der Waals surface area contributed by atoms with Crippen molar-refractivity contribution >= 4 is 51.7 Å². The highest BCUT2D eigenvalue weighted by atomic mass is 32.2. The van der Waals surface area contributed by atoms with Gasteiger partial charge in [0.2, 0.25) is 29.6 Å². The molecule has 3 atom stereocenters. The molecule has 3 aromatic carbocycles. The average molecular weight is 851 g/mol. The van der Waals surface area contributed by atoms with Gasteiger partial charge in [-0.15, -0.1) is 0 Å². The predicted octanol–water partition coefficient (Wildman–Crippen LogP) is 1.47. The molecule has 60 heavy (non-hydrogen) atoms. The van der Waals surface area contributed by atoms with Gasteiger partial charge in [-0.05, 0) is 70.7 Å². The van der Waals surface area contributed by atoms with E-state index in [1.807, 2.05) is 13.0 Å². The van der Waals surface area contributed by atoms with E-state index in [0.29, 0.717) is 5.56 Å². The summed E-state index contributed by atoms with van der Waals surface area (Å²) in [5.41, 5.74) is 7.34. The Balaban J connectivity index is 1.66. The van der Waals surface area contributed by atoms with Crippen molar-refractivity contribution in [2.24, 2.45) is 10.7 Å². The second-order valence-corrected chi connectivity index (χ2v) is 16.3. The molecule has 0 bridgehead atoms. The summed E-state index contributed by atoms with van der Waals surface area (Å²) in [6.07, 6.45) is -0.760. The summed E-state index contributed by atoms with van der Waals surface area (Å²) < 4.78 is 37.9. The average Bonchev–Trinajstić information content (AvgIpc) is 3.19. The van der Waals surface area contributed by atoms with Crippen LogP contribution in [0.25, 0.3) is 0 Å². The van der Waals surface area contributed by atoms with Crippen molar-refractivity contribution in [1.82, 2.24) is 31.3 Å². The van der Waals surface area contributed by atoms with E-state index >= 15 is 0 Å². The number of hydrogen-bond acceptors (Lipinski definition) is 11. The van der Waals surface area contributed by atoms with Crippen LogP contribution in [0.3, 0.4) is 0 Å². The van der Waals surface area contributed by atoms with Crippen molar-refractivity contribution in [3.05, 3.63) is 102 Å². The third-order valence-corrected chi connectivity index (χ3v) is 9.64. The van der Waals surface area contributed by atoms with Crippen LogP contribution in [0, 0.1) is 6.92 Å². The second kappa shape index (κ2) is 23.2. The van der Waals surface area contributed by atoms with Crippen LogP contribution in [0.5, 0.6) is 0 Å². The normalized spacial score (nSPS) is 13.1. The van der Waals surface area contributed by atoms with Crippen molar-refractivity contribution in [2.75, 3.05) is 19.6 Å². The SMILES string of the molecule is Cc1ccc(S(=O)(=O)NC(N)=NCCC[C@H](NC(=O)CNC(=O)OC(C)(C)C)C(=O)N[C@@H](C)C(=O)N[C@@H](Cc2ccccc2)C(=O)NCC(=O)OCc2ccccc2)cc1. The molecular formula is C41H54N8O10S. The summed E-state index contributed by atoms with van der Waals surface area (Å²) >= 11 is 0. The summed E-state index contributed by atoms with van der Waals surface area (Å²) in [5, 5.41) is 12.5. The number of nitrogens with two attached hydrogens (primary N) is 1. The van der Waals surface area contributed by atoms with Gasteiger partial charge in [0.05, 0.1) is 4.90 Å². The van der Waals surface area contributed by atoms with Gasteiger partial charge < -0.3 is 41.8 Å². The van der Waals surface area contributed by atoms with Crippen LogP contribution < -0.4 is 37.0 Å². The first kappa shape index (κ1) is 47.9. The minimum absolute atomic E-state index is 0.00990. The molecule has 0 radical (unpaired) electrons. The minimum Gasteiger partial charge on any atom is -0.460 e. The molecule has 0 aliphatic rings. The Labute approximate surface area is 349 Å². The lowest BCUT2D eigenvalue weighted by Gasteiger charge is -2.24. The highest BCUT2D eigenvalue weighted by Gasteiger charge is 2.28. The Morgan fingerprint density at radius 1 is 0.750 bits per heavy atom. The molecule has 0 aliphatic carbocycles. The molecule has 0 heterocycles. The maximum atomic E-state index is 13.6. The van der Waals surface area contributed by atoms with Gasteiger partial charge in [0.15, 0.2) is 0 Å². The number of nitrogens with one attached hydrogen (secondary N) is 6. The summed E-state index contributed by atoms with van der Waals surface area (Å²) in [6, 6.07) is 20.2. The zero-order valence-electron chi connectivity index (χ0n) is 34.3. The number of amides is 5. The molecule has 0 fully saturated rings. The van der Waals surface area contributed by atoms with Crippen molar-refractivity contribution in [3.8, 4) is 0 Å². The van der Waals surface area contributed by atoms with E-state index < -0.39 is 88.5 Å². The van der Waals surface area contributed by atoms with Gasteiger partial charge in [-0.25, -0.2) is 17.9 Å². The van der Waals surface area contributed by atoms with Gasteiger partial charge in [0.25, 0.3) is 10.0 Å². The van der Waals surface area contributed by atoms with Crippen molar-refractivity contribution in [2.45, 2.75) is 89.1 Å². The number of carbonyl (C=O) groups excluding carboxylic acids is 6. The Hall–Kier alpha value is -6.50. The zero-order valence-corrected chi connectivity index (χ0v) is 35.1. The van der Waals surface area contributed by atoms with Crippen LogP contribution in [0.2, 0.25) is 0 Å². The molecule has 0 spiro atoms. The fraction of sp³-hybridized carbons (Fsp3) is 0.390. The largest absolute Gasteiger partial charge is 0.460 e. The fourth-order valence-electron chi connectivity index (χ4n) is 5.23. The van der Waals surface area contributed by atoms with Gasteiger partial charge in [0, 0.05) is 13.0 Å². The fourth-order valence-corrected chi connectivity index (χ4v) is 6.18. The van der Waals surface area contributed by atoms with E-state index in [0.717, 1.165) is 11.1 Å². The van der Waals surface area contributed by atoms with Crippen LogP contribution >= 0.6 is 0 Å². The number of guanidine groups is 1. The molecule has 0 aliphatic heterocycles. The summed E-state index contributed by atoms with van der Waals surface area (Å²) in [5.74, 6) is -4.05. The molecule has 0 aromatic heterocycles. The number of hydrogen-bond donors (Lipinski definition) is 7. The minimum atomic E-state index is -4.01. The number of aryl methyl sites for hydroxylation is 1. The number of alkyl carbamates (subject to hydrolysis) is 1. The number of sulfonamides is 1. The van der Waals surface area contributed by atoms with Crippen LogP contribution in [-0.4, -0.2) is 93.4 Å². The maximum absolute atomic E-state index is 13.6. The number of rotatable bonds is 20. The third kappa shape index (κ3) is 18.0. The molecule has 19 heteroatoms. The highest BCUT2D eigenvalue weighted by Crippen LogP contribution is 2.10. The molecule has 3 aromatic rings. The van der Waals surface area contributed by atoms with E-state index in [-0.39, 0.29) is 37.3 Å². The van der Waals surface area contributed by atoms with Crippen LogP contribution in [0.4, 0.5) is 4.79 Å². The van der Waals surface area contributed by atoms with E-state index in [4.69, 9.17) is 15.2 Å². The van der Waals surface area contributed by atoms with E-state index in [1.54, 1.807) is 87.5 Å². The summed E-state index contributed by atoms with van der Waals surface area (Å²) in [6.45, 7) is 7.06. The molecule has 0 saturated carbocycles. The molecule has 324 valence electrons. The highest BCUT2D eigenvalue weighted by molar-refractivity contribution is 7.90. The molecule has 5 amide bonds. The van der Waals surface area contributed by atoms with Gasteiger partial charge in [-0.2, -0.15) is 0 Å². The molecule has 8 N–H and O–H groups in total. The Bertz CT molecular complexity index is 2060. The lowest BCUT2D eigenvalue weighted by molar-refractivity contribution is -0.145.